The van der Waals surface area contributed by atoms with Crippen molar-refractivity contribution in [3.63, 3.8) is 0 Å². The molecule has 2 radical (unpaired) electrons. The quantitative estimate of drug-likeness (QED) is 0.452. The van der Waals surface area contributed by atoms with Crippen LogP contribution in [0, 0.1) is 0 Å². The topological polar surface area (TPSA) is 29.5 Å². The number of benzene rings is 1. The molecule has 2 nitrogen and oxygen atoms in total. The second-order valence-corrected chi connectivity index (χ2v) is 4.31. The number of hydrogen-bond donors (Lipinski definition) is 1. The second-order valence-electron chi connectivity index (χ2n) is 1.56. The second kappa shape index (κ2) is 3.87. The number of rotatable bonds is 2. The van der Waals surface area contributed by atoms with Crippen molar-refractivity contribution in [2.45, 2.75) is 0 Å². The summed E-state index contributed by atoms with van der Waals surface area (Å²) in [4.78, 5) is 0. The molecular weight excluding hydrogens is 223 g/mol. The van der Waals surface area contributed by atoms with E-state index >= 15 is 0 Å². The molecule has 1 rings (SSSR count). The molecule has 0 unspecified atom stereocenters. The average Bonchev–Trinajstić information content (AvgIpc) is 1.91. The molecular formula is C6H6O2Sn. The first-order valence-corrected chi connectivity index (χ1v) is 5.14. The van der Waals surface area contributed by atoms with E-state index in [0.29, 0.717) is 0 Å². The zero-order valence-corrected chi connectivity index (χ0v) is 7.60. The van der Waals surface area contributed by atoms with Crippen molar-refractivity contribution < 1.29 is 8.48 Å². The molecule has 0 bridgehead atoms. The maximum atomic E-state index is 8.10. The van der Waals surface area contributed by atoms with E-state index in [-0.39, 0.29) is 0 Å². The van der Waals surface area contributed by atoms with Gasteiger partial charge in [-0.05, 0) is 0 Å². The third kappa shape index (κ3) is 2.34. The van der Waals surface area contributed by atoms with Crippen LogP contribution in [0.5, 0.6) is 0 Å². The Labute approximate surface area is 64.2 Å². The molecule has 0 amide bonds. The van der Waals surface area contributed by atoms with Crippen molar-refractivity contribution in [3.8, 4) is 0 Å². The average molecular weight is 229 g/mol. The Morgan fingerprint density at radius 3 is 2.44 bits per heavy atom. The van der Waals surface area contributed by atoms with Crippen LogP contribution in [0.25, 0.3) is 0 Å². The summed E-state index contributed by atoms with van der Waals surface area (Å²) in [7, 11) is 0. The molecule has 0 atom stereocenters. The van der Waals surface area contributed by atoms with E-state index in [1.54, 1.807) is 0 Å². The summed E-state index contributed by atoms with van der Waals surface area (Å²) in [6.07, 6.45) is 0. The van der Waals surface area contributed by atoms with Crippen LogP contribution in [0.1, 0.15) is 0 Å². The van der Waals surface area contributed by atoms with Gasteiger partial charge in [0.05, 0.1) is 0 Å². The minimum atomic E-state index is -1.09. The van der Waals surface area contributed by atoms with Gasteiger partial charge in [0.25, 0.3) is 0 Å². The van der Waals surface area contributed by atoms with E-state index in [1.807, 2.05) is 30.3 Å². The molecule has 46 valence electrons. The van der Waals surface area contributed by atoms with E-state index in [4.69, 9.17) is 5.26 Å². The molecule has 9 heavy (non-hydrogen) atoms. The van der Waals surface area contributed by atoms with Crippen molar-refractivity contribution >= 4 is 25.1 Å². The first kappa shape index (κ1) is 7.05. The van der Waals surface area contributed by atoms with Gasteiger partial charge in [-0.15, -0.1) is 0 Å². The Morgan fingerprint density at radius 1 is 1.22 bits per heavy atom. The molecule has 1 N–H and O–H groups in total. The van der Waals surface area contributed by atoms with Crippen molar-refractivity contribution in [2.24, 2.45) is 0 Å². The predicted octanol–water partition coefficient (Wildman–Crippen LogP) is 0.421. The van der Waals surface area contributed by atoms with Crippen LogP contribution in [0.2, 0.25) is 0 Å². The summed E-state index contributed by atoms with van der Waals surface area (Å²) < 4.78 is 5.24. The monoisotopic (exact) mass is 230 g/mol. The van der Waals surface area contributed by atoms with E-state index in [1.165, 1.54) is 0 Å². The Balaban J connectivity index is 2.61. The first-order valence-electron chi connectivity index (χ1n) is 2.55. The first-order chi connectivity index (χ1) is 4.43. The zero-order valence-electron chi connectivity index (χ0n) is 4.74. The fourth-order valence-corrected chi connectivity index (χ4v) is 1.80. The van der Waals surface area contributed by atoms with Gasteiger partial charge in [-0.3, -0.25) is 0 Å². The number of hydrogen-bond acceptors (Lipinski definition) is 2. The fraction of sp³-hybridized carbons (Fsp3) is 0. The van der Waals surface area contributed by atoms with Crippen LogP contribution in [0.3, 0.4) is 0 Å². The fourth-order valence-electron chi connectivity index (χ4n) is 0.559. The predicted molar refractivity (Wildman–Crippen MR) is 35.5 cm³/mol. The Hall–Kier alpha value is -0.0613. The molecule has 0 spiro atoms. The van der Waals surface area contributed by atoms with E-state index in [0.717, 1.165) is 3.58 Å². The van der Waals surface area contributed by atoms with Crippen LogP contribution < -0.4 is 3.58 Å². The van der Waals surface area contributed by atoms with Gasteiger partial charge in [0.1, 0.15) is 0 Å². The van der Waals surface area contributed by atoms with Crippen LogP contribution in [0.15, 0.2) is 30.3 Å². The molecule has 0 aliphatic heterocycles. The molecule has 0 aliphatic rings. The van der Waals surface area contributed by atoms with Gasteiger partial charge in [0.15, 0.2) is 0 Å². The molecule has 0 heterocycles. The summed E-state index contributed by atoms with van der Waals surface area (Å²) in [5.74, 6) is 0. The summed E-state index contributed by atoms with van der Waals surface area (Å²) in [5, 5.41) is 8.10. The van der Waals surface area contributed by atoms with Crippen molar-refractivity contribution in [1.82, 2.24) is 0 Å². The van der Waals surface area contributed by atoms with Gasteiger partial charge in [-0.2, -0.15) is 0 Å². The van der Waals surface area contributed by atoms with Crippen LogP contribution in [-0.2, 0) is 3.22 Å². The Morgan fingerprint density at radius 2 is 1.89 bits per heavy atom. The minimum absolute atomic E-state index is 1.09. The summed E-state index contributed by atoms with van der Waals surface area (Å²) in [6, 6.07) is 9.75. The van der Waals surface area contributed by atoms with E-state index in [9.17, 15) is 0 Å². The van der Waals surface area contributed by atoms with Gasteiger partial charge in [0, 0.05) is 0 Å². The molecule has 0 aliphatic carbocycles. The van der Waals surface area contributed by atoms with Crippen LogP contribution in [0.4, 0.5) is 0 Å². The van der Waals surface area contributed by atoms with E-state index < -0.39 is 21.6 Å². The summed E-state index contributed by atoms with van der Waals surface area (Å²) in [5.41, 5.74) is 0. The van der Waals surface area contributed by atoms with Crippen molar-refractivity contribution in [3.05, 3.63) is 30.3 Å². The molecule has 0 saturated heterocycles. The van der Waals surface area contributed by atoms with Crippen LogP contribution >= 0.6 is 0 Å². The SMILES string of the molecule is O[O][Sn][c]1ccccc1. The normalized spacial score (nSPS) is 9.44. The van der Waals surface area contributed by atoms with Gasteiger partial charge in [0.2, 0.25) is 0 Å². The maximum absolute atomic E-state index is 8.10. The van der Waals surface area contributed by atoms with E-state index in [2.05, 4.69) is 3.22 Å². The molecule has 3 heteroatoms. The third-order valence-electron chi connectivity index (χ3n) is 0.937. The van der Waals surface area contributed by atoms with Gasteiger partial charge >= 0.3 is 63.9 Å². The molecule has 0 saturated carbocycles. The van der Waals surface area contributed by atoms with Gasteiger partial charge in [-0.25, -0.2) is 0 Å². The third-order valence-corrected chi connectivity index (χ3v) is 2.82. The molecule has 1 aromatic carbocycles. The van der Waals surface area contributed by atoms with Crippen molar-refractivity contribution in [2.75, 3.05) is 0 Å². The summed E-state index contributed by atoms with van der Waals surface area (Å²) >= 11 is -1.09. The molecule has 0 aromatic heterocycles. The standard InChI is InChI=1S/C6H5.H2O2.Sn/c1-2-4-6-5-3-1;1-2;/h1-5H;1-2H;/q;;+1/p-1. The van der Waals surface area contributed by atoms with Crippen molar-refractivity contribution in [1.29, 1.82) is 0 Å². The Bertz CT molecular complexity index is 164. The molecule has 0 fully saturated rings. The van der Waals surface area contributed by atoms with Gasteiger partial charge < -0.3 is 0 Å². The molecule has 1 aromatic rings. The van der Waals surface area contributed by atoms with Gasteiger partial charge in [-0.1, -0.05) is 0 Å². The Kier molecular flexibility index (Phi) is 3.03. The zero-order chi connectivity index (χ0) is 6.53. The van der Waals surface area contributed by atoms with Crippen LogP contribution in [-0.4, -0.2) is 26.8 Å². The summed E-state index contributed by atoms with van der Waals surface area (Å²) in [6.45, 7) is 0.